The van der Waals surface area contributed by atoms with Gasteiger partial charge in [-0.3, -0.25) is 0 Å². The van der Waals surface area contributed by atoms with Crippen LogP contribution in [0.15, 0.2) is 6.20 Å². The van der Waals surface area contributed by atoms with Crippen LogP contribution in [0.3, 0.4) is 0 Å². The van der Waals surface area contributed by atoms with E-state index in [2.05, 4.69) is 42.6 Å². The topological polar surface area (TPSA) is 49.2 Å². The van der Waals surface area contributed by atoms with Gasteiger partial charge in [0.25, 0.3) is 0 Å². The van der Waals surface area contributed by atoms with Crippen molar-refractivity contribution >= 4 is 5.69 Å². The summed E-state index contributed by atoms with van der Waals surface area (Å²) < 4.78 is 0. The molecule has 0 bridgehead atoms. The monoisotopic (exact) mass is 263 g/mol. The van der Waals surface area contributed by atoms with Gasteiger partial charge < -0.3 is 10.0 Å². The number of aliphatic hydroxyl groups is 1. The van der Waals surface area contributed by atoms with E-state index in [1.807, 2.05) is 6.20 Å². The van der Waals surface area contributed by atoms with E-state index in [4.69, 9.17) is 0 Å². The lowest BCUT2D eigenvalue weighted by Gasteiger charge is -2.31. The lowest BCUT2D eigenvalue weighted by Crippen LogP contribution is -2.35. The Morgan fingerprint density at radius 1 is 1.42 bits per heavy atom. The lowest BCUT2D eigenvalue weighted by molar-refractivity contribution is 0.276. The van der Waals surface area contributed by atoms with Gasteiger partial charge in [0.1, 0.15) is 5.82 Å². The molecule has 106 valence electrons. The van der Waals surface area contributed by atoms with Gasteiger partial charge in [0.15, 0.2) is 0 Å². The molecule has 0 saturated carbocycles. The van der Waals surface area contributed by atoms with Gasteiger partial charge in [-0.1, -0.05) is 20.8 Å². The zero-order chi connectivity index (χ0) is 14.0. The molecule has 1 saturated heterocycles. The van der Waals surface area contributed by atoms with Gasteiger partial charge in [0.05, 0.1) is 24.2 Å². The van der Waals surface area contributed by atoms with Gasteiger partial charge in [0.2, 0.25) is 0 Å². The van der Waals surface area contributed by atoms with Gasteiger partial charge in [-0.25, -0.2) is 9.97 Å². The van der Waals surface area contributed by atoms with E-state index < -0.39 is 0 Å². The molecule has 1 aromatic rings. The minimum Gasteiger partial charge on any atom is -0.390 e. The quantitative estimate of drug-likeness (QED) is 0.907. The van der Waals surface area contributed by atoms with E-state index in [1.165, 1.54) is 12.8 Å². The summed E-state index contributed by atoms with van der Waals surface area (Å²) in [5.74, 6) is 1.10. The van der Waals surface area contributed by atoms with Crippen LogP contribution in [0.25, 0.3) is 0 Å². The number of aromatic nitrogens is 2. The molecule has 0 amide bonds. The molecule has 4 heteroatoms. The highest BCUT2D eigenvalue weighted by molar-refractivity contribution is 5.52. The molecule has 1 fully saturated rings. The van der Waals surface area contributed by atoms with E-state index >= 15 is 0 Å². The van der Waals surface area contributed by atoms with Crippen molar-refractivity contribution in [3.05, 3.63) is 17.7 Å². The molecule has 0 spiro atoms. The number of anilines is 1. The Morgan fingerprint density at radius 3 is 2.74 bits per heavy atom. The lowest BCUT2D eigenvalue weighted by atomic mass is 10.1. The minimum absolute atomic E-state index is 0.0166. The van der Waals surface area contributed by atoms with Crippen LogP contribution in [0.4, 0.5) is 5.69 Å². The first kappa shape index (κ1) is 14.3. The smallest absolute Gasteiger partial charge is 0.131 e. The molecule has 1 aromatic heterocycles. The average Bonchev–Trinajstić information content (AvgIpc) is 2.78. The third-order valence-corrected chi connectivity index (χ3v) is 4.07. The first-order valence-electron chi connectivity index (χ1n) is 7.33. The molecule has 0 aromatic carbocycles. The molecule has 0 aliphatic carbocycles. The van der Waals surface area contributed by atoms with Gasteiger partial charge in [-0.05, 0) is 26.2 Å². The molecular formula is C15H25N3O. The fourth-order valence-corrected chi connectivity index (χ4v) is 2.94. The highest BCUT2D eigenvalue weighted by atomic mass is 16.3. The van der Waals surface area contributed by atoms with Crippen LogP contribution in [0.5, 0.6) is 0 Å². The Hall–Kier alpha value is -1.16. The summed E-state index contributed by atoms with van der Waals surface area (Å²) >= 11 is 0. The van der Waals surface area contributed by atoms with E-state index in [9.17, 15) is 5.11 Å². The highest BCUT2D eigenvalue weighted by Crippen LogP contribution is 2.33. The van der Waals surface area contributed by atoms with Crippen LogP contribution in [0.2, 0.25) is 0 Å². The first-order chi connectivity index (χ1) is 9.08. The van der Waals surface area contributed by atoms with Gasteiger partial charge in [-0.15, -0.1) is 0 Å². The van der Waals surface area contributed by atoms with Gasteiger partial charge in [0, 0.05) is 18.0 Å². The second-order valence-corrected chi connectivity index (χ2v) is 5.77. The highest BCUT2D eigenvalue weighted by Gasteiger charge is 2.31. The Morgan fingerprint density at radius 2 is 2.16 bits per heavy atom. The molecule has 2 unspecified atom stereocenters. The van der Waals surface area contributed by atoms with Gasteiger partial charge in [-0.2, -0.15) is 0 Å². The standard InChI is InChI=1S/C15H25N3O/c1-5-12-7-6-11(4)18(12)14-8-16-15(10(2)3)17-13(14)9-19/h8,10-12,19H,5-7,9H2,1-4H3. The molecule has 19 heavy (non-hydrogen) atoms. The normalized spacial score (nSPS) is 23.4. The third-order valence-electron chi connectivity index (χ3n) is 4.07. The van der Waals surface area contributed by atoms with Crippen LogP contribution in [-0.4, -0.2) is 27.2 Å². The summed E-state index contributed by atoms with van der Waals surface area (Å²) in [4.78, 5) is 11.4. The fourth-order valence-electron chi connectivity index (χ4n) is 2.94. The van der Waals surface area contributed by atoms with Crippen molar-refractivity contribution in [3.63, 3.8) is 0 Å². The second-order valence-electron chi connectivity index (χ2n) is 5.77. The second kappa shape index (κ2) is 5.87. The minimum atomic E-state index is -0.0166. The number of nitrogens with zero attached hydrogens (tertiary/aromatic N) is 3. The summed E-state index contributed by atoms with van der Waals surface area (Å²) in [5, 5.41) is 9.61. The van der Waals surface area contributed by atoms with Crippen molar-refractivity contribution in [1.29, 1.82) is 0 Å². The number of rotatable bonds is 4. The number of hydrogen-bond donors (Lipinski definition) is 1. The fraction of sp³-hybridized carbons (Fsp3) is 0.733. The number of hydrogen-bond acceptors (Lipinski definition) is 4. The maximum Gasteiger partial charge on any atom is 0.131 e. The van der Waals surface area contributed by atoms with Crippen LogP contribution in [0.1, 0.15) is 64.4 Å². The number of aliphatic hydroxyl groups excluding tert-OH is 1. The summed E-state index contributed by atoms with van der Waals surface area (Å²) in [6, 6.07) is 1.05. The summed E-state index contributed by atoms with van der Waals surface area (Å²) in [7, 11) is 0. The zero-order valence-corrected chi connectivity index (χ0v) is 12.4. The van der Waals surface area contributed by atoms with Crippen molar-refractivity contribution in [2.24, 2.45) is 0 Å². The van der Waals surface area contributed by atoms with Crippen LogP contribution >= 0.6 is 0 Å². The molecule has 1 aliphatic heterocycles. The Labute approximate surface area is 115 Å². The molecule has 0 radical (unpaired) electrons. The van der Waals surface area contributed by atoms with Crippen LogP contribution in [-0.2, 0) is 6.61 Å². The maximum absolute atomic E-state index is 9.61. The summed E-state index contributed by atoms with van der Waals surface area (Å²) in [5.41, 5.74) is 1.79. The molecule has 1 aliphatic rings. The summed E-state index contributed by atoms with van der Waals surface area (Å²) in [6.07, 6.45) is 5.45. The average molecular weight is 263 g/mol. The van der Waals surface area contributed by atoms with Crippen molar-refractivity contribution in [3.8, 4) is 0 Å². The van der Waals surface area contributed by atoms with Crippen LogP contribution in [0, 0.1) is 0 Å². The largest absolute Gasteiger partial charge is 0.390 e. The van der Waals surface area contributed by atoms with E-state index in [0.717, 1.165) is 23.6 Å². The molecule has 2 heterocycles. The van der Waals surface area contributed by atoms with Crippen LogP contribution < -0.4 is 4.90 Å². The van der Waals surface area contributed by atoms with Crippen molar-refractivity contribution < 1.29 is 5.11 Å². The van der Waals surface area contributed by atoms with E-state index in [0.29, 0.717) is 12.1 Å². The molecule has 1 N–H and O–H groups in total. The Bertz CT molecular complexity index is 433. The predicted molar refractivity (Wildman–Crippen MR) is 77.3 cm³/mol. The molecular weight excluding hydrogens is 238 g/mol. The third kappa shape index (κ3) is 2.73. The van der Waals surface area contributed by atoms with Crippen molar-refractivity contribution in [1.82, 2.24) is 9.97 Å². The first-order valence-corrected chi connectivity index (χ1v) is 7.33. The molecule has 4 nitrogen and oxygen atoms in total. The zero-order valence-electron chi connectivity index (χ0n) is 12.4. The Balaban J connectivity index is 2.38. The van der Waals surface area contributed by atoms with Crippen molar-refractivity contribution in [2.75, 3.05) is 4.90 Å². The predicted octanol–water partition coefficient (Wildman–Crippen LogP) is 2.86. The van der Waals surface area contributed by atoms with Crippen molar-refractivity contribution in [2.45, 2.75) is 71.6 Å². The Kier molecular flexibility index (Phi) is 4.40. The van der Waals surface area contributed by atoms with Gasteiger partial charge >= 0.3 is 0 Å². The molecule has 2 rings (SSSR count). The maximum atomic E-state index is 9.61. The van der Waals surface area contributed by atoms with E-state index in [-0.39, 0.29) is 12.5 Å². The molecule has 2 atom stereocenters. The summed E-state index contributed by atoms with van der Waals surface area (Å²) in [6.45, 7) is 8.59. The van der Waals surface area contributed by atoms with E-state index in [1.54, 1.807) is 0 Å². The SMILES string of the molecule is CCC1CCC(C)N1c1cnc(C(C)C)nc1CO.